The Morgan fingerprint density at radius 1 is 1.43 bits per heavy atom. The lowest BCUT2D eigenvalue weighted by atomic mass is 10.0. The van der Waals surface area contributed by atoms with E-state index in [4.69, 9.17) is 5.73 Å². The molecule has 1 aromatic carbocycles. The van der Waals surface area contributed by atoms with Crippen LogP contribution in [-0.2, 0) is 6.42 Å². The zero-order valence-corrected chi connectivity index (χ0v) is 8.17. The maximum atomic E-state index is 13.4. The number of anilines is 1. The zero-order chi connectivity index (χ0) is 9.97. The highest BCUT2D eigenvalue weighted by atomic mass is 19.1. The van der Waals surface area contributed by atoms with Crippen LogP contribution in [0.25, 0.3) is 0 Å². The molecule has 0 aromatic heterocycles. The van der Waals surface area contributed by atoms with E-state index in [1.165, 1.54) is 6.07 Å². The lowest BCUT2D eigenvalue weighted by molar-refractivity contribution is 0.588. The number of nitrogens with two attached hydrogens (primary N) is 1. The van der Waals surface area contributed by atoms with Crippen molar-refractivity contribution in [1.82, 2.24) is 0 Å². The number of nitrogens with zero attached hydrogens (tertiary/aromatic N) is 1. The standard InChI is InChI=1S/C11H15FN2/c12-10-4-1-5-11-9(10)3-2-7-14(11)8-6-13/h1,4-5H,2-3,6-8,13H2. The van der Waals surface area contributed by atoms with Crippen molar-refractivity contribution in [1.29, 1.82) is 0 Å². The predicted molar refractivity (Wildman–Crippen MR) is 56.0 cm³/mol. The van der Waals surface area contributed by atoms with Crippen molar-refractivity contribution >= 4 is 5.69 Å². The van der Waals surface area contributed by atoms with Gasteiger partial charge in [0.15, 0.2) is 0 Å². The Morgan fingerprint density at radius 3 is 3.07 bits per heavy atom. The minimum absolute atomic E-state index is 0.0794. The van der Waals surface area contributed by atoms with E-state index in [-0.39, 0.29) is 5.82 Å². The molecule has 76 valence electrons. The molecule has 1 aromatic rings. The molecule has 1 aliphatic rings. The van der Waals surface area contributed by atoms with Gasteiger partial charge in [-0.05, 0) is 25.0 Å². The Hall–Kier alpha value is -1.09. The van der Waals surface area contributed by atoms with E-state index in [0.29, 0.717) is 6.54 Å². The average Bonchev–Trinajstić information content (AvgIpc) is 2.20. The second-order valence-corrected chi connectivity index (χ2v) is 3.62. The third kappa shape index (κ3) is 1.60. The first kappa shape index (κ1) is 9.46. The van der Waals surface area contributed by atoms with Gasteiger partial charge in [-0.15, -0.1) is 0 Å². The molecular formula is C11H15FN2. The quantitative estimate of drug-likeness (QED) is 0.773. The van der Waals surface area contributed by atoms with Crippen molar-refractivity contribution in [3.05, 3.63) is 29.6 Å². The molecule has 0 aliphatic carbocycles. The molecule has 2 rings (SSSR count). The number of rotatable bonds is 2. The fraction of sp³-hybridized carbons (Fsp3) is 0.455. The summed E-state index contributed by atoms with van der Waals surface area (Å²) in [7, 11) is 0. The van der Waals surface area contributed by atoms with Gasteiger partial charge in [0.1, 0.15) is 5.82 Å². The third-order valence-corrected chi connectivity index (χ3v) is 2.69. The van der Waals surface area contributed by atoms with Crippen molar-refractivity contribution in [2.24, 2.45) is 5.73 Å². The van der Waals surface area contributed by atoms with Gasteiger partial charge in [0, 0.05) is 30.9 Å². The van der Waals surface area contributed by atoms with E-state index in [1.807, 2.05) is 6.07 Å². The normalized spacial score (nSPS) is 15.4. The van der Waals surface area contributed by atoms with E-state index in [0.717, 1.165) is 37.2 Å². The summed E-state index contributed by atoms with van der Waals surface area (Å²) in [5, 5.41) is 0. The summed E-state index contributed by atoms with van der Waals surface area (Å²) in [6.07, 6.45) is 1.87. The molecular weight excluding hydrogens is 179 g/mol. The van der Waals surface area contributed by atoms with Crippen LogP contribution in [0.15, 0.2) is 18.2 Å². The first-order valence-corrected chi connectivity index (χ1v) is 5.05. The van der Waals surface area contributed by atoms with Gasteiger partial charge in [-0.25, -0.2) is 4.39 Å². The molecule has 0 saturated heterocycles. The van der Waals surface area contributed by atoms with Crippen molar-refractivity contribution in [3.63, 3.8) is 0 Å². The SMILES string of the molecule is NCCN1CCCc2c(F)cccc21. The zero-order valence-electron chi connectivity index (χ0n) is 8.17. The molecule has 0 spiro atoms. The minimum Gasteiger partial charge on any atom is -0.370 e. The summed E-state index contributed by atoms with van der Waals surface area (Å²) in [5.41, 5.74) is 7.40. The number of halogens is 1. The molecule has 0 radical (unpaired) electrons. The van der Waals surface area contributed by atoms with Crippen LogP contribution >= 0.6 is 0 Å². The molecule has 0 atom stereocenters. The molecule has 0 unspecified atom stereocenters. The topological polar surface area (TPSA) is 29.3 Å². The van der Waals surface area contributed by atoms with Crippen LogP contribution in [-0.4, -0.2) is 19.6 Å². The lowest BCUT2D eigenvalue weighted by Gasteiger charge is -2.31. The van der Waals surface area contributed by atoms with E-state index in [2.05, 4.69) is 4.90 Å². The van der Waals surface area contributed by atoms with Crippen LogP contribution in [0.1, 0.15) is 12.0 Å². The van der Waals surface area contributed by atoms with Gasteiger partial charge in [-0.1, -0.05) is 6.07 Å². The molecule has 2 N–H and O–H groups in total. The molecule has 1 aliphatic heterocycles. The smallest absolute Gasteiger partial charge is 0.128 e. The summed E-state index contributed by atoms with van der Waals surface area (Å²) in [5.74, 6) is -0.0794. The number of fused-ring (bicyclic) bond motifs is 1. The molecule has 3 heteroatoms. The Balaban J connectivity index is 2.34. The molecule has 1 heterocycles. The first-order valence-electron chi connectivity index (χ1n) is 5.05. The van der Waals surface area contributed by atoms with Gasteiger partial charge in [0.05, 0.1) is 0 Å². The molecule has 0 saturated carbocycles. The molecule has 2 nitrogen and oxygen atoms in total. The largest absolute Gasteiger partial charge is 0.370 e. The average molecular weight is 194 g/mol. The fourth-order valence-corrected chi connectivity index (χ4v) is 2.05. The van der Waals surface area contributed by atoms with Gasteiger partial charge in [0.2, 0.25) is 0 Å². The van der Waals surface area contributed by atoms with Gasteiger partial charge in [-0.2, -0.15) is 0 Å². The molecule has 0 amide bonds. The highest BCUT2D eigenvalue weighted by Crippen LogP contribution is 2.28. The van der Waals surface area contributed by atoms with Crippen LogP contribution < -0.4 is 10.6 Å². The number of hydrogen-bond donors (Lipinski definition) is 1. The maximum absolute atomic E-state index is 13.4. The van der Waals surface area contributed by atoms with Crippen LogP contribution in [0.3, 0.4) is 0 Å². The minimum atomic E-state index is -0.0794. The molecule has 0 fully saturated rings. The van der Waals surface area contributed by atoms with Gasteiger partial charge < -0.3 is 10.6 Å². The Morgan fingerprint density at radius 2 is 2.29 bits per heavy atom. The third-order valence-electron chi connectivity index (χ3n) is 2.69. The van der Waals surface area contributed by atoms with E-state index in [1.54, 1.807) is 6.07 Å². The van der Waals surface area contributed by atoms with Gasteiger partial charge >= 0.3 is 0 Å². The van der Waals surface area contributed by atoms with Crippen LogP contribution in [0.5, 0.6) is 0 Å². The summed E-state index contributed by atoms with van der Waals surface area (Å²) in [6.45, 7) is 2.43. The van der Waals surface area contributed by atoms with E-state index in [9.17, 15) is 4.39 Å². The molecule has 0 bridgehead atoms. The van der Waals surface area contributed by atoms with Crippen LogP contribution in [0, 0.1) is 5.82 Å². The Kier molecular flexibility index (Phi) is 2.68. The monoisotopic (exact) mass is 194 g/mol. The van der Waals surface area contributed by atoms with E-state index < -0.39 is 0 Å². The number of benzene rings is 1. The van der Waals surface area contributed by atoms with Crippen molar-refractivity contribution < 1.29 is 4.39 Å². The predicted octanol–water partition coefficient (Wildman–Crippen LogP) is 1.54. The van der Waals surface area contributed by atoms with Crippen molar-refractivity contribution in [2.45, 2.75) is 12.8 Å². The molecule has 14 heavy (non-hydrogen) atoms. The number of hydrogen-bond acceptors (Lipinski definition) is 2. The van der Waals surface area contributed by atoms with Gasteiger partial charge in [0.25, 0.3) is 0 Å². The highest BCUT2D eigenvalue weighted by Gasteiger charge is 2.18. The summed E-state index contributed by atoms with van der Waals surface area (Å²) in [6, 6.07) is 5.28. The summed E-state index contributed by atoms with van der Waals surface area (Å²) < 4.78 is 13.4. The van der Waals surface area contributed by atoms with E-state index >= 15 is 0 Å². The van der Waals surface area contributed by atoms with Crippen LogP contribution in [0.2, 0.25) is 0 Å². The Bertz CT molecular complexity index is 325. The lowest BCUT2D eigenvalue weighted by Crippen LogP contribution is -2.34. The highest BCUT2D eigenvalue weighted by molar-refractivity contribution is 5.55. The van der Waals surface area contributed by atoms with Gasteiger partial charge in [-0.3, -0.25) is 0 Å². The fourth-order valence-electron chi connectivity index (χ4n) is 2.05. The summed E-state index contributed by atoms with van der Waals surface area (Å²) >= 11 is 0. The summed E-state index contributed by atoms with van der Waals surface area (Å²) in [4.78, 5) is 2.17. The van der Waals surface area contributed by atoms with Crippen molar-refractivity contribution in [2.75, 3.05) is 24.5 Å². The first-order chi connectivity index (χ1) is 6.83. The van der Waals surface area contributed by atoms with Crippen molar-refractivity contribution in [3.8, 4) is 0 Å². The second-order valence-electron chi connectivity index (χ2n) is 3.62. The Labute approximate surface area is 83.5 Å². The van der Waals surface area contributed by atoms with Crippen LogP contribution in [0.4, 0.5) is 10.1 Å². The second kappa shape index (κ2) is 3.96. The maximum Gasteiger partial charge on any atom is 0.128 e.